The molecular formula is C15H24ClN3O3. The Labute approximate surface area is 137 Å². The first-order valence-corrected chi connectivity index (χ1v) is 7.30. The van der Waals surface area contributed by atoms with Gasteiger partial charge in [0, 0.05) is 25.2 Å². The summed E-state index contributed by atoms with van der Waals surface area (Å²) < 4.78 is 5.03. The summed E-state index contributed by atoms with van der Waals surface area (Å²) in [6, 6.07) is 5.51. The van der Waals surface area contributed by atoms with Gasteiger partial charge in [0.1, 0.15) is 0 Å². The van der Waals surface area contributed by atoms with Gasteiger partial charge in [0.25, 0.3) is 0 Å². The number of ether oxygens (including phenoxy) is 1. The summed E-state index contributed by atoms with van der Waals surface area (Å²) >= 11 is 0. The third kappa shape index (κ3) is 4.32. The predicted molar refractivity (Wildman–Crippen MR) is 88.5 cm³/mol. The average Bonchev–Trinajstić information content (AvgIpc) is 2.48. The van der Waals surface area contributed by atoms with E-state index in [9.17, 15) is 10.1 Å². The van der Waals surface area contributed by atoms with Crippen molar-refractivity contribution in [2.75, 3.05) is 20.2 Å². The van der Waals surface area contributed by atoms with E-state index in [1.165, 1.54) is 7.11 Å². The lowest BCUT2D eigenvalue weighted by atomic mass is 9.92. The fourth-order valence-electron chi connectivity index (χ4n) is 2.96. The van der Waals surface area contributed by atoms with Crippen LogP contribution in [0.1, 0.15) is 25.3 Å². The number of rotatable bonds is 5. The van der Waals surface area contributed by atoms with E-state index in [1.54, 1.807) is 12.1 Å². The van der Waals surface area contributed by atoms with Crippen molar-refractivity contribution >= 4 is 18.1 Å². The van der Waals surface area contributed by atoms with Crippen molar-refractivity contribution in [2.24, 2.45) is 11.7 Å². The normalized spacial score (nSPS) is 22.0. The van der Waals surface area contributed by atoms with E-state index in [0.29, 0.717) is 30.8 Å². The van der Waals surface area contributed by atoms with Gasteiger partial charge in [-0.25, -0.2) is 0 Å². The van der Waals surface area contributed by atoms with Crippen molar-refractivity contribution in [3.8, 4) is 5.75 Å². The second kappa shape index (κ2) is 8.31. The largest absolute Gasteiger partial charge is 0.490 e. The minimum Gasteiger partial charge on any atom is -0.490 e. The first-order valence-electron chi connectivity index (χ1n) is 7.30. The minimum atomic E-state index is -0.402. The summed E-state index contributed by atoms with van der Waals surface area (Å²) in [5, 5.41) is 11.1. The molecule has 1 saturated heterocycles. The number of benzene rings is 1. The molecule has 22 heavy (non-hydrogen) atoms. The molecule has 0 bridgehead atoms. The van der Waals surface area contributed by atoms with Crippen LogP contribution in [0.4, 0.5) is 5.69 Å². The SMILES string of the molecule is COc1ccc(CN2CCC(C)CC2CN)cc1[N+](=O)[O-].Cl. The van der Waals surface area contributed by atoms with Gasteiger partial charge < -0.3 is 10.5 Å². The molecule has 2 N–H and O–H groups in total. The molecular weight excluding hydrogens is 306 g/mol. The molecule has 1 aliphatic heterocycles. The molecule has 0 saturated carbocycles. The van der Waals surface area contributed by atoms with E-state index in [-0.39, 0.29) is 18.1 Å². The van der Waals surface area contributed by atoms with Gasteiger partial charge in [0.15, 0.2) is 5.75 Å². The number of halogens is 1. The Kier molecular flexibility index (Phi) is 7.06. The zero-order valence-electron chi connectivity index (χ0n) is 13.0. The summed E-state index contributed by atoms with van der Waals surface area (Å²) in [5.74, 6) is 0.992. The number of piperidine rings is 1. The Morgan fingerprint density at radius 2 is 2.23 bits per heavy atom. The number of hydrogen-bond acceptors (Lipinski definition) is 5. The van der Waals surface area contributed by atoms with E-state index < -0.39 is 4.92 Å². The number of likely N-dealkylation sites (tertiary alicyclic amines) is 1. The molecule has 0 aliphatic carbocycles. The molecule has 1 aromatic rings. The van der Waals surface area contributed by atoms with E-state index in [2.05, 4.69) is 11.8 Å². The topological polar surface area (TPSA) is 81.6 Å². The highest BCUT2D eigenvalue weighted by molar-refractivity contribution is 5.85. The van der Waals surface area contributed by atoms with Crippen LogP contribution in [0, 0.1) is 16.0 Å². The third-order valence-electron chi connectivity index (χ3n) is 4.20. The Balaban J connectivity index is 0.00000242. The molecule has 0 amide bonds. The molecule has 2 rings (SSSR count). The number of nitrogens with zero attached hydrogens (tertiary/aromatic N) is 2. The van der Waals surface area contributed by atoms with Gasteiger partial charge in [-0.15, -0.1) is 12.4 Å². The quantitative estimate of drug-likeness (QED) is 0.663. The van der Waals surface area contributed by atoms with Crippen LogP contribution in [0.2, 0.25) is 0 Å². The van der Waals surface area contributed by atoms with Gasteiger partial charge in [-0.1, -0.05) is 13.0 Å². The van der Waals surface area contributed by atoms with Crippen LogP contribution in [-0.2, 0) is 6.54 Å². The number of methoxy groups -OCH3 is 1. The van der Waals surface area contributed by atoms with Gasteiger partial charge in [0.05, 0.1) is 12.0 Å². The minimum absolute atomic E-state index is 0. The van der Waals surface area contributed by atoms with Crippen molar-refractivity contribution in [1.82, 2.24) is 4.90 Å². The van der Waals surface area contributed by atoms with E-state index in [0.717, 1.165) is 24.9 Å². The first kappa shape index (κ1) is 18.7. The molecule has 7 heteroatoms. The summed E-state index contributed by atoms with van der Waals surface area (Å²) in [5.41, 5.74) is 6.81. The first-order chi connectivity index (χ1) is 10.0. The van der Waals surface area contributed by atoms with Gasteiger partial charge in [-0.2, -0.15) is 0 Å². The molecule has 2 atom stereocenters. The van der Waals surface area contributed by atoms with Crippen LogP contribution in [0.5, 0.6) is 5.75 Å². The molecule has 1 aliphatic rings. The monoisotopic (exact) mass is 329 g/mol. The molecule has 1 fully saturated rings. The highest BCUT2D eigenvalue weighted by atomic mass is 35.5. The maximum absolute atomic E-state index is 11.1. The van der Waals surface area contributed by atoms with E-state index in [4.69, 9.17) is 10.5 Å². The molecule has 1 aromatic carbocycles. The van der Waals surface area contributed by atoms with Gasteiger partial charge in [-0.05, 0) is 36.9 Å². The summed E-state index contributed by atoms with van der Waals surface area (Å²) in [4.78, 5) is 13.0. The second-order valence-electron chi connectivity index (χ2n) is 5.75. The van der Waals surface area contributed by atoms with Crippen LogP contribution in [-0.4, -0.2) is 36.1 Å². The van der Waals surface area contributed by atoms with Gasteiger partial charge >= 0.3 is 5.69 Å². The van der Waals surface area contributed by atoms with Crippen LogP contribution < -0.4 is 10.5 Å². The lowest BCUT2D eigenvalue weighted by molar-refractivity contribution is -0.385. The standard InChI is InChI=1S/C15H23N3O3.ClH/c1-11-5-6-17(13(7-11)9-16)10-12-3-4-15(21-2)14(8-12)18(19)20;/h3-4,8,11,13H,5-7,9-10,16H2,1-2H3;1H. The van der Waals surface area contributed by atoms with Crippen molar-refractivity contribution in [3.05, 3.63) is 33.9 Å². The molecule has 0 radical (unpaired) electrons. The number of nitrogens with two attached hydrogens (primary N) is 1. The maximum Gasteiger partial charge on any atom is 0.311 e. The Hall–Kier alpha value is -1.37. The molecule has 124 valence electrons. The molecule has 0 aromatic heterocycles. The fourth-order valence-corrected chi connectivity index (χ4v) is 2.96. The van der Waals surface area contributed by atoms with Crippen LogP contribution >= 0.6 is 12.4 Å². The lowest BCUT2D eigenvalue weighted by Crippen LogP contribution is -2.45. The van der Waals surface area contributed by atoms with Crippen molar-refractivity contribution in [3.63, 3.8) is 0 Å². The van der Waals surface area contributed by atoms with Gasteiger partial charge in [0.2, 0.25) is 0 Å². The third-order valence-corrected chi connectivity index (χ3v) is 4.20. The smallest absolute Gasteiger partial charge is 0.311 e. The van der Waals surface area contributed by atoms with Crippen molar-refractivity contribution in [2.45, 2.75) is 32.4 Å². The lowest BCUT2D eigenvalue weighted by Gasteiger charge is -2.38. The predicted octanol–water partition coefficient (Wildman–Crippen LogP) is 2.58. The zero-order valence-corrected chi connectivity index (χ0v) is 13.8. The molecule has 2 unspecified atom stereocenters. The highest BCUT2D eigenvalue weighted by Crippen LogP contribution is 2.29. The van der Waals surface area contributed by atoms with Crippen molar-refractivity contribution < 1.29 is 9.66 Å². The molecule has 6 nitrogen and oxygen atoms in total. The summed E-state index contributed by atoms with van der Waals surface area (Å²) in [7, 11) is 1.44. The molecule has 0 spiro atoms. The zero-order chi connectivity index (χ0) is 15.4. The van der Waals surface area contributed by atoms with Crippen molar-refractivity contribution in [1.29, 1.82) is 0 Å². The van der Waals surface area contributed by atoms with Crippen LogP contribution in [0.3, 0.4) is 0 Å². The number of hydrogen-bond donors (Lipinski definition) is 1. The Bertz CT molecular complexity index is 513. The Morgan fingerprint density at radius 1 is 1.50 bits per heavy atom. The second-order valence-corrected chi connectivity index (χ2v) is 5.75. The van der Waals surface area contributed by atoms with Crippen LogP contribution in [0.15, 0.2) is 18.2 Å². The summed E-state index contributed by atoms with van der Waals surface area (Å²) in [6.07, 6.45) is 2.24. The Morgan fingerprint density at radius 3 is 2.82 bits per heavy atom. The number of nitro benzene ring substituents is 1. The van der Waals surface area contributed by atoms with Crippen LogP contribution in [0.25, 0.3) is 0 Å². The fraction of sp³-hybridized carbons (Fsp3) is 0.600. The van der Waals surface area contributed by atoms with Gasteiger partial charge in [-0.3, -0.25) is 15.0 Å². The number of nitro groups is 1. The van der Waals surface area contributed by atoms with E-state index in [1.807, 2.05) is 6.07 Å². The maximum atomic E-state index is 11.1. The summed E-state index contributed by atoms with van der Waals surface area (Å²) in [6.45, 7) is 4.56. The average molecular weight is 330 g/mol. The van der Waals surface area contributed by atoms with E-state index >= 15 is 0 Å². The highest BCUT2D eigenvalue weighted by Gasteiger charge is 2.26. The molecule has 1 heterocycles.